The minimum Gasteiger partial charge on any atom is -0.399 e. The van der Waals surface area contributed by atoms with Crippen molar-refractivity contribution in [3.05, 3.63) is 124 Å². The van der Waals surface area contributed by atoms with Crippen LogP contribution in [-0.2, 0) is 17.4 Å². The number of amides is 2. The number of para-hydroxylation sites is 1. The molecule has 210 valence electrons. The first-order valence-electron chi connectivity index (χ1n) is 13.0. The zero-order chi connectivity index (χ0) is 29.5. The highest BCUT2D eigenvalue weighted by Gasteiger charge is 2.43. The number of alkyl halides is 3. The molecular formula is C32H27F4N3O2. The molecule has 2 amide bonds. The van der Waals surface area contributed by atoms with E-state index in [2.05, 4.69) is 5.32 Å². The monoisotopic (exact) mass is 561 g/mol. The number of rotatable bonds is 4. The fourth-order valence-corrected chi connectivity index (χ4v) is 5.41. The van der Waals surface area contributed by atoms with Gasteiger partial charge in [0.2, 0.25) is 5.91 Å². The van der Waals surface area contributed by atoms with Crippen molar-refractivity contribution in [3.8, 4) is 0 Å². The van der Waals surface area contributed by atoms with E-state index in [-0.39, 0.29) is 23.2 Å². The molecule has 3 N–H and O–H groups in total. The van der Waals surface area contributed by atoms with Crippen LogP contribution in [0.4, 0.5) is 34.6 Å². The standard InChI is InChI=1S/C32H27F4N3O2/c1-18-10-15-23(17-25(18)32(34,35)36)38-30(40)24-16-21-7-3-4-9-27(21)39(29(24)20-11-13-22(37)14-12-20)31(41)28-19(2)6-5-8-26(28)33/h3-15,17,24,29H,16,37H2,1-2H3,(H,38,40). The second-order valence-corrected chi connectivity index (χ2v) is 10.2. The molecule has 0 bridgehead atoms. The topological polar surface area (TPSA) is 75.4 Å². The third-order valence-electron chi connectivity index (χ3n) is 7.43. The van der Waals surface area contributed by atoms with Gasteiger partial charge in [-0.2, -0.15) is 13.2 Å². The number of hydrogen-bond donors (Lipinski definition) is 2. The van der Waals surface area contributed by atoms with Gasteiger partial charge in [0.15, 0.2) is 0 Å². The highest BCUT2D eigenvalue weighted by Crippen LogP contribution is 2.44. The summed E-state index contributed by atoms with van der Waals surface area (Å²) in [6.45, 7) is 2.97. The van der Waals surface area contributed by atoms with Gasteiger partial charge in [-0.05, 0) is 78.9 Å². The minimum atomic E-state index is -4.60. The van der Waals surface area contributed by atoms with Gasteiger partial charge in [0.25, 0.3) is 5.91 Å². The summed E-state index contributed by atoms with van der Waals surface area (Å²) < 4.78 is 55.8. The number of carbonyl (C=O) groups is 2. The van der Waals surface area contributed by atoms with Crippen LogP contribution >= 0.6 is 0 Å². The first-order valence-corrected chi connectivity index (χ1v) is 13.0. The summed E-state index contributed by atoms with van der Waals surface area (Å²) in [6.07, 6.45) is -4.41. The molecule has 1 aliphatic heterocycles. The SMILES string of the molecule is Cc1ccc(NC(=O)C2Cc3ccccc3N(C(=O)c3c(C)cccc3F)C2c2ccc(N)cc2)cc1C(F)(F)F. The summed E-state index contributed by atoms with van der Waals surface area (Å²) in [5.41, 5.74) is 7.58. The molecule has 0 spiro atoms. The Hall–Kier alpha value is -4.66. The van der Waals surface area contributed by atoms with Crippen LogP contribution in [0.25, 0.3) is 0 Å². The average molecular weight is 562 g/mol. The molecule has 2 unspecified atom stereocenters. The van der Waals surface area contributed by atoms with Gasteiger partial charge in [0.1, 0.15) is 5.82 Å². The van der Waals surface area contributed by atoms with Crippen LogP contribution in [0.2, 0.25) is 0 Å². The van der Waals surface area contributed by atoms with Crippen molar-refractivity contribution < 1.29 is 27.2 Å². The Balaban J connectivity index is 1.64. The first kappa shape index (κ1) is 27.9. The van der Waals surface area contributed by atoms with Crippen LogP contribution in [0.1, 0.15) is 44.2 Å². The maximum Gasteiger partial charge on any atom is 0.416 e. The van der Waals surface area contributed by atoms with Crippen molar-refractivity contribution in [2.24, 2.45) is 5.92 Å². The maximum absolute atomic E-state index is 15.1. The van der Waals surface area contributed by atoms with Gasteiger partial charge in [0.05, 0.1) is 23.1 Å². The van der Waals surface area contributed by atoms with E-state index in [0.717, 1.165) is 6.07 Å². The minimum absolute atomic E-state index is 0.0225. The van der Waals surface area contributed by atoms with Crippen molar-refractivity contribution in [3.63, 3.8) is 0 Å². The van der Waals surface area contributed by atoms with Gasteiger partial charge in [-0.15, -0.1) is 0 Å². The van der Waals surface area contributed by atoms with E-state index in [4.69, 9.17) is 5.73 Å². The molecular weight excluding hydrogens is 534 g/mol. The van der Waals surface area contributed by atoms with Gasteiger partial charge in [-0.25, -0.2) is 4.39 Å². The third kappa shape index (κ3) is 5.39. The zero-order valence-electron chi connectivity index (χ0n) is 22.3. The largest absolute Gasteiger partial charge is 0.416 e. The molecule has 5 rings (SSSR count). The van der Waals surface area contributed by atoms with Gasteiger partial charge >= 0.3 is 6.18 Å². The molecule has 0 aliphatic carbocycles. The van der Waals surface area contributed by atoms with E-state index >= 15 is 4.39 Å². The quantitative estimate of drug-likeness (QED) is 0.204. The fraction of sp³-hybridized carbons (Fsp3) is 0.188. The Bertz CT molecular complexity index is 1610. The van der Waals surface area contributed by atoms with Crippen molar-refractivity contribution in [2.45, 2.75) is 32.5 Å². The van der Waals surface area contributed by atoms with E-state index in [1.54, 1.807) is 61.5 Å². The Morgan fingerprint density at radius 3 is 2.29 bits per heavy atom. The number of nitrogens with zero attached hydrogens (tertiary/aromatic N) is 1. The number of nitrogen functional groups attached to an aromatic ring is 1. The number of halogens is 4. The van der Waals surface area contributed by atoms with E-state index < -0.39 is 41.3 Å². The number of anilines is 3. The van der Waals surface area contributed by atoms with Crippen LogP contribution in [0.15, 0.2) is 84.9 Å². The summed E-state index contributed by atoms with van der Waals surface area (Å²) in [6, 6.07) is 20.7. The number of fused-ring (bicyclic) bond motifs is 1. The number of benzene rings is 4. The highest BCUT2D eigenvalue weighted by molar-refractivity contribution is 6.09. The number of nitrogens with one attached hydrogen (secondary N) is 1. The van der Waals surface area contributed by atoms with Crippen LogP contribution in [-0.4, -0.2) is 11.8 Å². The maximum atomic E-state index is 15.1. The molecule has 1 heterocycles. The highest BCUT2D eigenvalue weighted by atomic mass is 19.4. The van der Waals surface area contributed by atoms with Crippen molar-refractivity contribution in [2.75, 3.05) is 16.0 Å². The van der Waals surface area contributed by atoms with Crippen LogP contribution < -0.4 is 16.0 Å². The van der Waals surface area contributed by atoms with Gasteiger partial charge in [0, 0.05) is 17.1 Å². The normalized spacial score (nSPS) is 16.7. The van der Waals surface area contributed by atoms with E-state index in [1.807, 2.05) is 0 Å². The van der Waals surface area contributed by atoms with Gasteiger partial charge < -0.3 is 11.1 Å². The van der Waals surface area contributed by atoms with E-state index in [9.17, 15) is 22.8 Å². The van der Waals surface area contributed by atoms with Crippen LogP contribution in [0.3, 0.4) is 0 Å². The number of hydrogen-bond acceptors (Lipinski definition) is 3. The molecule has 4 aromatic rings. The van der Waals surface area contributed by atoms with Crippen molar-refractivity contribution in [1.29, 1.82) is 0 Å². The fourth-order valence-electron chi connectivity index (χ4n) is 5.41. The lowest BCUT2D eigenvalue weighted by Gasteiger charge is -2.42. The molecule has 0 aromatic heterocycles. The molecule has 9 heteroatoms. The van der Waals surface area contributed by atoms with E-state index in [0.29, 0.717) is 28.1 Å². The number of aryl methyl sites for hydroxylation is 2. The third-order valence-corrected chi connectivity index (χ3v) is 7.43. The number of carbonyl (C=O) groups excluding carboxylic acids is 2. The molecule has 1 aliphatic rings. The Morgan fingerprint density at radius 1 is 0.902 bits per heavy atom. The second kappa shape index (κ2) is 10.7. The molecule has 2 atom stereocenters. The molecule has 41 heavy (non-hydrogen) atoms. The van der Waals surface area contributed by atoms with Crippen LogP contribution in [0.5, 0.6) is 0 Å². The Morgan fingerprint density at radius 2 is 1.61 bits per heavy atom. The smallest absolute Gasteiger partial charge is 0.399 e. The summed E-state index contributed by atoms with van der Waals surface area (Å²) in [5, 5.41) is 2.64. The van der Waals surface area contributed by atoms with E-state index in [1.165, 1.54) is 36.1 Å². The van der Waals surface area contributed by atoms with Gasteiger partial charge in [-0.1, -0.05) is 48.5 Å². The average Bonchev–Trinajstić information content (AvgIpc) is 2.92. The lowest BCUT2D eigenvalue weighted by Crippen LogP contribution is -2.47. The lowest BCUT2D eigenvalue weighted by atomic mass is 9.80. The first-order chi connectivity index (χ1) is 19.5. The van der Waals surface area contributed by atoms with Crippen molar-refractivity contribution >= 4 is 28.9 Å². The predicted molar refractivity (Wildman–Crippen MR) is 150 cm³/mol. The second-order valence-electron chi connectivity index (χ2n) is 10.2. The molecule has 0 radical (unpaired) electrons. The Labute approximate surface area is 234 Å². The summed E-state index contributed by atoms with van der Waals surface area (Å²) in [7, 11) is 0. The Kier molecular flexibility index (Phi) is 7.29. The number of nitrogens with two attached hydrogens (primary N) is 1. The van der Waals surface area contributed by atoms with Gasteiger partial charge in [-0.3, -0.25) is 14.5 Å². The van der Waals surface area contributed by atoms with Crippen LogP contribution in [0, 0.1) is 25.6 Å². The summed E-state index contributed by atoms with van der Waals surface area (Å²) >= 11 is 0. The zero-order valence-corrected chi connectivity index (χ0v) is 22.3. The summed E-state index contributed by atoms with van der Waals surface area (Å²) in [5.74, 6) is -2.85. The predicted octanol–water partition coefficient (Wildman–Crippen LogP) is 7.24. The lowest BCUT2D eigenvalue weighted by molar-refractivity contribution is -0.138. The molecule has 0 saturated carbocycles. The molecule has 4 aromatic carbocycles. The summed E-state index contributed by atoms with van der Waals surface area (Å²) in [4.78, 5) is 29.5. The van der Waals surface area contributed by atoms with Crippen molar-refractivity contribution in [1.82, 2.24) is 0 Å². The molecule has 0 fully saturated rings. The molecule has 0 saturated heterocycles. The molecule has 5 nitrogen and oxygen atoms in total.